The largest absolute Gasteiger partial charge is 0.494 e. The van der Waals surface area contributed by atoms with Crippen molar-refractivity contribution in [2.45, 2.75) is 52.5 Å². The van der Waals surface area contributed by atoms with E-state index in [0.717, 1.165) is 42.8 Å². The molecule has 1 aliphatic rings. The number of ether oxygens (including phenoxy) is 1. The maximum absolute atomic E-state index is 15.3. The number of carbonyl (C=O) groups excluding carboxylic acids is 1. The number of halogens is 1. The zero-order valence-electron chi connectivity index (χ0n) is 25.6. The summed E-state index contributed by atoms with van der Waals surface area (Å²) >= 11 is 0. The molecule has 0 radical (unpaired) electrons. The molecule has 2 aromatic carbocycles. The van der Waals surface area contributed by atoms with Crippen LogP contribution in [0.25, 0.3) is 22.3 Å². The Hall–Kier alpha value is -4.73. The second-order valence-corrected chi connectivity index (χ2v) is 11.6. The first-order valence-electron chi connectivity index (χ1n) is 14.3. The molecule has 0 atom stereocenters. The van der Waals surface area contributed by atoms with Crippen molar-refractivity contribution in [3.63, 3.8) is 0 Å². The highest BCUT2D eigenvalue weighted by atomic mass is 19.1. The number of nitrogens with one attached hydrogen (secondary N) is 2. The second kappa shape index (κ2) is 11.9. The van der Waals surface area contributed by atoms with Crippen molar-refractivity contribution in [2.75, 3.05) is 36.2 Å². The molecule has 4 aromatic rings. The Balaban J connectivity index is 1.50. The number of benzene rings is 2. The number of carbonyl (C=O) groups is 1. The van der Waals surface area contributed by atoms with Crippen LogP contribution in [-0.2, 0) is 16.8 Å². The van der Waals surface area contributed by atoms with Crippen molar-refractivity contribution < 1.29 is 13.9 Å². The number of rotatable bonds is 10. The van der Waals surface area contributed by atoms with Crippen LogP contribution in [0.2, 0.25) is 0 Å². The van der Waals surface area contributed by atoms with Crippen molar-refractivity contribution in [2.24, 2.45) is 0 Å². The van der Waals surface area contributed by atoms with Gasteiger partial charge < -0.3 is 24.8 Å². The van der Waals surface area contributed by atoms with Crippen LogP contribution in [0.15, 0.2) is 60.8 Å². The minimum absolute atomic E-state index is 0.144. The van der Waals surface area contributed by atoms with Gasteiger partial charge in [0, 0.05) is 43.4 Å². The molecule has 9 nitrogen and oxygen atoms in total. The van der Waals surface area contributed by atoms with Crippen LogP contribution in [0.3, 0.4) is 0 Å². The molecule has 3 heterocycles. The third-order valence-electron chi connectivity index (χ3n) is 7.74. The van der Waals surface area contributed by atoms with Gasteiger partial charge in [0.05, 0.1) is 35.4 Å². The Morgan fingerprint density at radius 3 is 2.72 bits per heavy atom. The van der Waals surface area contributed by atoms with Gasteiger partial charge in [0.15, 0.2) is 5.82 Å². The van der Waals surface area contributed by atoms with Crippen molar-refractivity contribution in [1.29, 1.82) is 0 Å². The number of allylic oxidation sites excluding steroid dienone is 1. The Kier molecular flexibility index (Phi) is 8.21. The predicted molar refractivity (Wildman–Crippen MR) is 171 cm³/mol. The summed E-state index contributed by atoms with van der Waals surface area (Å²) in [6.45, 7) is 12.7. The smallest absolute Gasteiger partial charge is 0.247 e. The highest BCUT2D eigenvalue weighted by Crippen LogP contribution is 2.39. The summed E-state index contributed by atoms with van der Waals surface area (Å²) in [6, 6.07) is 8.80. The normalized spacial score (nSPS) is 13.4. The SMILES string of the molecule is C=CC(=O)Nc1cc(Nc2nccc(-c3cc(F)c4nc5n(c4c3)C(C)(C)CC5)n2)c(OC)cc1N(C)CCC=C(C)C. The molecule has 10 heteroatoms. The van der Waals surface area contributed by atoms with E-state index in [0.29, 0.717) is 39.8 Å². The summed E-state index contributed by atoms with van der Waals surface area (Å²) in [6.07, 6.45) is 7.64. The first-order chi connectivity index (χ1) is 20.5. The van der Waals surface area contributed by atoms with E-state index < -0.39 is 0 Å². The molecule has 224 valence electrons. The lowest BCUT2D eigenvalue weighted by molar-refractivity contribution is -0.111. The molecule has 43 heavy (non-hydrogen) atoms. The highest BCUT2D eigenvalue weighted by Gasteiger charge is 2.33. The number of hydrogen-bond donors (Lipinski definition) is 2. The molecule has 0 spiro atoms. The standard InChI is InChI=1S/C33H38FN7O2/c1-8-30(42)36-24-18-25(28(43-7)19-26(24)40(6)15-9-10-20(2)3)38-32-35-14-12-23(37-32)21-16-22(34)31-27(17-21)41-29(39-31)11-13-33(41,4)5/h8,10,12,14,16-19H,1,9,11,13,15H2,2-7H3,(H,36,42)(H,35,37,38). The number of hydrogen-bond acceptors (Lipinski definition) is 7. The van der Waals surface area contributed by atoms with Crippen LogP contribution in [0.5, 0.6) is 5.75 Å². The maximum Gasteiger partial charge on any atom is 0.247 e. The molecule has 1 amide bonds. The summed E-state index contributed by atoms with van der Waals surface area (Å²) in [5.74, 6) is 1.02. The third-order valence-corrected chi connectivity index (χ3v) is 7.74. The number of amides is 1. The van der Waals surface area contributed by atoms with Crippen LogP contribution in [0, 0.1) is 5.82 Å². The predicted octanol–water partition coefficient (Wildman–Crippen LogP) is 6.98. The van der Waals surface area contributed by atoms with E-state index in [-0.39, 0.29) is 17.3 Å². The average Bonchev–Trinajstić information content (AvgIpc) is 3.50. The van der Waals surface area contributed by atoms with Gasteiger partial charge in [0.2, 0.25) is 11.9 Å². The molecule has 1 aliphatic heterocycles. The van der Waals surface area contributed by atoms with Crippen LogP contribution in [0.4, 0.5) is 27.4 Å². The van der Waals surface area contributed by atoms with Crippen LogP contribution < -0.4 is 20.3 Å². The minimum Gasteiger partial charge on any atom is -0.494 e. The van der Waals surface area contributed by atoms with Gasteiger partial charge in [-0.3, -0.25) is 4.79 Å². The van der Waals surface area contributed by atoms with E-state index in [4.69, 9.17) is 9.72 Å². The molecule has 0 fully saturated rings. The number of aryl methyl sites for hydroxylation is 1. The van der Waals surface area contributed by atoms with Gasteiger partial charge >= 0.3 is 0 Å². The summed E-state index contributed by atoms with van der Waals surface area (Å²) in [5, 5.41) is 6.13. The summed E-state index contributed by atoms with van der Waals surface area (Å²) < 4.78 is 23.1. The number of aromatic nitrogens is 4. The number of nitrogens with zero attached hydrogens (tertiary/aromatic N) is 5. The Morgan fingerprint density at radius 2 is 2.00 bits per heavy atom. The maximum atomic E-state index is 15.3. The van der Waals surface area contributed by atoms with E-state index in [9.17, 15) is 4.79 Å². The van der Waals surface area contributed by atoms with Gasteiger partial charge in [-0.2, -0.15) is 0 Å². The van der Waals surface area contributed by atoms with Gasteiger partial charge in [-0.15, -0.1) is 0 Å². The van der Waals surface area contributed by atoms with E-state index in [1.54, 1.807) is 25.4 Å². The topological polar surface area (TPSA) is 97.2 Å². The van der Waals surface area contributed by atoms with E-state index >= 15 is 4.39 Å². The van der Waals surface area contributed by atoms with Crippen molar-refractivity contribution in [1.82, 2.24) is 19.5 Å². The molecule has 0 bridgehead atoms. The fourth-order valence-electron chi connectivity index (χ4n) is 5.51. The molecular formula is C33H38FN7O2. The lowest BCUT2D eigenvalue weighted by Gasteiger charge is -2.24. The monoisotopic (exact) mass is 583 g/mol. The van der Waals surface area contributed by atoms with E-state index in [2.05, 4.69) is 70.4 Å². The number of fused-ring (bicyclic) bond motifs is 3. The van der Waals surface area contributed by atoms with E-state index in [1.165, 1.54) is 17.7 Å². The summed E-state index contributed by atoms with van der Waals surface area (Å²) in [5.41, 5.74) is 5.33. The fourth-order valence-corrected chi connectivity index (χ4v) is 5.51. The quantitative estimate of drug-likeness (QED) is 0.154. The van der Waals surface area contributed by atoms with Gasteiger partial charge in [0.1, 0.15) is 17.1 Å². The first-order valence-corrected chi connectivity index (χ1v) is 14.3. The number of anilines is 4. The lowest BCUT2D eigenvalue weighted by atomic mass is 10.0. The van der Waals surface area contributed by atoms with Crippen LogP contribution in [0.1, 0.15) is 46.4 Å². The average molecular weight is 584 g/mol. The molecule has 0 saturated heterocycles. The van der Waals surface area contributed by atoms with Crippen LogP contribution in [-0.4, -0.2) is 46.1 Å². The fraction of sp³-hybridized carbons (Fsp3) is 0.333. The van der Waals surface area contributed by atoms with Gasteiger partial charge in [-0.25, -0.2) is 19.3 Å². The van der Waals surface area contributed by atoms with Crippen molar-refractivity contribution in [3.05, 3.63) is 72.5 Å². The second-order valence-electron chi connectivity index (χ2n) is 11.6. The van der Waals surface area contributed by atoms with Gasteiger partial charge in [0.25, 0.3) is 0 Å². The molecule has 0 saturated carbocycles. The minimum atomic E-state index is -0.383. The molecule has 5 rings (SSSR count). The Morgan fingerprint density at radius 1 is 1.21 bits per heavy atom. The van der Waals surface area contributed by atoms with Gasteiger partial charge in [-0.05, 0) is 70.9 Å². The van der Waals surface area contributed by atoms with Crippen molar-refractivity contribution >= 4 is 40.0 Å². The molecule has 0 unspecified atom stereocenters. The molecule has 0 aliphatic carbocycles. The lowest BCUT2D eigenvalue weighted by Crippen LogP contribution is -2.21. The van der Waals surface area contributed by atoms with Gasteiger partial charge in [-0.1, -0.05) is 18.2 Å². The zero-order valence-corrected chi connectivity index (χ0v) is 25.6. The highest BCUT2D eigenvalue weighted by molar-refractivity contribution is 6.02. The first kappa shape index (κ1) is 29.8. The number of imidazole rings is 1. The van der Waals surface area contributed by atoms with Crippen molar-refractivity contribution in [3.8, 4) is 17.0 Å². The Bertz CT molecular complexity index is 1740. The molecule has 2 N–H and O–H groups in total. The zero-order chi connectivity index (χ0) is 30.9. The number of methoxy groups -OCH3 is 1. The summed E-state index contributed by atoms with van der Waals surface area (Å²) in [4.78, 5) is 28.1. The molecule has 2 aromatic heterocycles. The van der Waals surface area contributed by atoms with Crippen LogP contribution >= 0.6 is 0 Å². The van der Waals surface area contributed by atoms with E-state index in [1.807, 2.05) is 19.2 Å². The third kappa shape index (κ3) is 6.09. The Labute approximate surface area is 251 Å². The summed E-state index contributed by atoms with van der Waals surface area (Å²) in [7, 11) is 3.54. The molecular weight excluding hydrogens is 545 g/mol.